The number of carbonyl (C=O) groups excluding carboxylic acids is 1. The number of methoxy groups -OCH3 is 3. The number of esters is 1. The summed E-state index contributed by atoms with van der Waals surface area (Å²) in [7, 11) is 4.56. The zero-order valence-corrected chi connectivity index (χ0v) is 18.5. The maximum absolute atomic E-state index is 12.4. The summed E-state index contributed by atoms with van der Waals surface area (Å²) in [5, 5.41) is 10.2. The highest BCUT2D eigenvalue weighted by molar-refractivity contribution is 6.30. The zero-order valence-electron chi connectivity index (χ0n) is 17.7. The molecule has 162 valence electrons. The van der Waals surface area contributed by atoms with Crippen LogP contribution in [0.4, 0.5) is 0 Å². The van der Waals surface area contributed by atoms with Gasteiger partial charge in [0.25, 0.3) is 0 Å². The van der Waals surface area contributed by atoms with Crippen molar-refractivity contribution in [3.8, 4) is 29.1 Å². The number of allylic oxidation sites excluding steroid dienone is 1. The molecular formula is C25H20ClNO5. The molecule has 7 heteroatoms. The van der Waals surface area contributed by atoms with E-state index in [1.165, 1.54) is 14.2 Å². The molecule has 3 rings (SSSR count). The Morgan fingerprint density at radius 2 is 1.41 bits per heavy atom. The van der Waals surface area contributed by atoms with Gasteiger partial charge in [-0.05, 0) is 71.8 Å². The largest absolute Gasteiger partial charge is 0.493 e. The summed E-state index contributed by atoms with van der Waals surface area (Å²) in [6.45, 7) is 0. The number of rotatable bonds is 7. The first-order valence-electron chi connectivity index (χ1n) is 9.49. The van der Waals surface area contributed by atoms with Gasteiger partial charge in [-0.1, -0.05) is 17.7 Å². The fourth-order valence-electron chi connectivity index (χ4n) is 2.95. The van der Waals surface area contributed by atoms with Crippen LogP contribution in [-0.2, 0) is 0 Å². The minimum absolute atomic E-state index is 0.259. The van der Waals surface area contributed by atoms with E-state index in [0.29, 0.717) is 44.5 Å². The third-order valence-electron chi connectivity index (χ3n) is 4.60. The normalized spacial score (nSPS) is 10.8. The molecule has 0 unspecified atom stereocenters. The maximum atomic E-state index is 12.4. The summed E-state index contributed by atoms with van der Waals surface area (Å²) >= 11 is 5.86. The average molecular weight is 450 g/mol. The molecule has 0 aliphatic rings. The van der Waals surface area contributed by atoms with Gasteiger partial charge >= 0.3 is 5.97 Å². The van der Waals surface area contributed by atoms with E-state index < -0.39 is 5.97 Å². The Hall–Kier alpha value is -3.95. The molecule has 0 aromatic heterocycles. The van der Waals surface area contributed by atoms with Crippen molar-refractivity contribution in [2.24, 2.45) is 0 Å². The fraction of sp³-hybridized carbons (Fsp3) is 0.120. The fourth-order valence-corrected chi connectivity index (χ4v) is 3.08. The van der Waals surface area contributed by atoms with Crippen molar-refractivity contribution in [3.05, 3.63) is 82.4 Å². The minimum atomic E-state index is -0.536. The van der Waals surface area contributed by atoms with Gasteiger partial charge in [-0.25, -0.2) is 4.79 Å². The van der Waals surface area contributed by atoms with E-state index in [2.05, 4.69) is 6.07 Å². The van der Waals surface area contributed by atoms with Gasteiger partial charge in [0.05, 0.1) is 38.5 Å². The predicted octanol–water partition coefficient (Wildman–Crippen LogP) is 5.65. The Bertz CT molecular complexity index is 1200. The lowest BCUT2D eigenvalue weighted by Gasteiger charge is -2.11. The number of nitriles is 1. The SMILES string of the molecule is COc1ccc(/C(C#N)=C\c2ccc(OC(=O)c3ccc(Cl)cc3)c(OC)c2)cc1OC. The van der Waals surface area contributed by atoms with Gasteiger partial charge in [0, 0.05) is 5.02 Å². The van der Waals surface area contributed by atoms with Gasteiger partial charge in [0.1, 0.15) is 0 Å². The summed E-state index contributed by atoms with van der Waals surface area (Å²) in [5.74, 6) is 1.17. The second-order valence-corrected chi connectivity index (χ2v) is 6.98. The molecule has 0 aliphatic carbocycles. The minimum Gasteiger partial charge on any atom is -0.493 e. The standard InChI is InChI=1S/C25H20ClNO5/c1-29-21-11-7-18(14-24(21)31-3)19(15-27)12-16-4-10-22(23(13-16)30-2)32-25(28)17-5-8-20(26)9-6-17/h4-14H,1-3H3/b19-12-. The molecule has 3 aromatic rings. The Morgan fingerprint density at radius 3 is 2.03 bits per heavy atom. The first-order chi connectivity index (χ1) is 15.5. The maximum Gasteiger partial charge on any atom is 0.343 e. The molecule has 3 aromatic carbocycles. The highest BCUT2D eigenvalue weighted by atomic mass is 35.5. The monoisotopic (exact) mass is 449 g/mol. The van der Waals surface area contributed by atoms with Crippen molar-refractivity contribution in [2.75, 3.05) is 21.3 Å². The van der Waals surface area contributed by atoms with Crippen LogP contribution in [0.5, 0.6) is 23.0 Å². The topological polar surface area (TPSA) is 77.8 Å². The summed E-state index contributed by atoms with van der Waals surface area (Å²) in [4.78, 5) is 12.4. The molecule has 0 aliphatic heterocycles. The summed E-state index contributed by atoms with van der Waals surface area (Å²) in [6.07, 6.45) is 1.70. The molecule has 6 nitrogen and oxygen atoms in total. The number of hydrogen-bond donors (Lipinski definition) is 0. The van der Waals surface area contributed by atoms with E-state index in [9.17, 15) is 10.1 Å². The number of ether oxygens (including phenoxy) is 4. The lowest BCUT2D eigenvalue weighted by molar-refractivity contribution is 0.0729. The highest BCUT2D eigenvalue weighted by Crippen LogP contribution is 2.33. The summed E-state index contributed by atoms with van der Waals surface area (Å²) in [5.41, 5.74) is 2.14. The van der Waals surface area contributed by atoms with E-state index >= 15 is 0 Å². The lowest BCUT2D eigenvalue weighted by Crippen LogP contribution is -2.09. The van der Waals surface area contributed by atoms with Gasteiger partial charge in [-0.3, -0.25) is 0 Å². The lowest BCUT2D eigenvalue weighted by atomic mass is 10.0. The first-order valence-corrected chi connectivity index (χ1v) is 9.86. The third-order valence-corrected chi connectivity index (χ3v) is 4.85. The number of benzene rings is 3. The second-order valence-electron chi connectivity index (χ2n) is 6.55. The van der Waals surface area contributed by atoms with E-state index in [-0.39, 0.29) is 5.75 Å². The Kier molecular flexibility index (Phi) is 7.37. The molecule has 0 bridgehead atoms. The molecule has 32 heavy (non-hydrogen) atoms. The number of carbonyl (C=O) groups is 1. The van der Waals surface area contributed by atoms with Crippen LogP contribution >= 0.6 is 11.6 Å². The van der Waals surface area contributed by atoms with Crippen LogP contribution in [0.25, 0.3) is 11.6 Å². The van der Waals surface area contributed by atoms with Crippen LogP contribution in [0.2, 0.25) is 5.02 Å². The van der Waals surface area contributed by atoms with E-state index in [1.54, 1.807) is 73.8 Å². The first kappa shape index (κ1) is 22.7. The van der Waals surface area contributed by atoms with Gasteiger partial charge in [-0.2, -0.15) is 5.26 Å². The Labute approximate surface area is 191 Å². The Balaban J connectivity index is 1.88. The van der Waals surface area contributed by atoms with Gasteiger partial charge in [-0.15, -0.1) is 0 Å². The molecular weight excluding hydrogens is 430 g/mol. The van der Waals surface area contributed by atoms with Crippen molar-refractivity contribution < 1.29 is 23.7 Å². The predicted molar refractivity (Wildman–Crippen MR) is 122 cm³/mol. The summed E-state index contributed by atoms with van der Waals surface area (Å²) < 4.78 is 21.4. The van der Waals surface area contributed by atoms with Crippen molar-refractivity contribution in [3.63, 3.8) is 0 Å². The molecule has 0 saturated heterocycles. The van der Waals surface area contributed by atoms with Crippen LogP contribution < -0.4 is 18.9 Å². The quantitative estimate of drug-likeness (QED) is 0.201. The van der Waals surface area contributed by atoms with Crippen molar-refractivity contribution in [1.29, 1.82) is 5.26 Å². The average Bonchev–Trinajstić information content (AvgIpc) is 2.83. The van der Waals surface area contributed by atoms with E-state index in [0.717, 1.165) is 0 Å². The van der Waals surface area contributed by atoms with Crippen molar-refractivity contribution in [2.45, 2.75) is 0 Å². The molecule has 0 amide bonds. The van der Waals surface area contributed by atoms with E-state index in [1.807, 2.05) is 0 Å². The third kappa shape index (κ3) is 5.20. The number of halogens is 1. The van der Waals surface area contributed by atoms with Crippen LogP contribution in [-0.4, -0.2) is 27.3 Å². The molecule has 0 saturated carbocycles. The van der Waals surface area contributed by atoms with Gasteiger partial charge < -0.3 is 18.9 Å². The van der Waals surface area contributed by atoms with Crippen LogP contribution in [0.15, 0.2) is 60.7 Å². The molecule has 0 radical (unpaired) electrons. The molecule has 0 heterocycles. The molecule has 0 atom stereocenters. The van der Waals surface area contributed by atoms with Crippen LogP contribution in [0.3, 0.4) is 0 Å². The van der Waals surface area contributed by atoms with Crippen molar-refractivity contribution in [1.82, 2.24) is 0 Å². The van der Waals surface area contributed by atoms with Gasteiger partial charge in [0.2, 0.25) is 0 Å². The molecule has 0 N–H and O–H groups in total. The van der Waals surface area contributed by atoms with Gasteiger partial charge in [0.15, 0.2) is 23.0 Å². The second kappa shape index (κ2) is 10.4. The zero-order chi connectivity index (χ0) is 23.1. The molecule has 0 fully saturated rings. The Morgan fingerprint density at radius 1 is 0.812 bits per heavy atom. The highest BCUT2D eigenvalue weighted by Gasteiger charge is 2.14. The number of nitrogens with zero attached hydrogens (tertiary/aromatic N) is 1. The summed E-state index contributed by atoms with van der Waals surface area (Å²) in [6, 6.07) is 18.8. The van der Waals surface area contributed by atoms with Crippen LogP contribution in [0, 0.1) is 11.3 Å². The number of hydrogen-bond acceptors (Lipinski definition) is 6. The van der Waals surface area contributed by atoms with E-state index in [4.69, 9.17) is 30.5 Å². The van der Waals surface area contributed by atoms with Crippen molar-refractivity contribution >= 4 is 29.2 Å². The van der Waals surface area contributed by atoms with Crippen LogP contribution in [0.1, 0.15) is 21.5 Å². The smallest absolute Gasteiger partial charge is 0.343 e. The molecule has 0 spiro atoms.